The number of phenols is 1. The van der Waals surface area contributed by atoms with E-state index in [1.165, 1.54) is 7.11 Å². The first kappa shape index (κ1) is 20.0. The lowest BCUT2D eigenvalue weighted by atomic mass is 9.79. The minimum Gasteiger partial charge on any atom is -0.503 e. The number of allylic oxidation sites excluding steroid dienone is 2. The fraction of sp³-hybridized carbons (Fsp3) is 0.217. The van der Waals surface area contributed by atoms with E-state index in [0.29, 0.717) is 33.7 Å². The highest BCUT2D eigenvalue weighted by Crippen LogP contribution is 2.49. The molecule has 154 valence electrons. The summed E-state index contributed by atoms with van der Waals surface area (Å²) < 4.78 is 10.5. The van der Waals surface area contributed by atoms with Crippen LogP contribution in [0, 0.1) is 0 Å². The number of hydrogen-bond donors (Lipinski definition) is 2. The van der Waals surface area contributed by atoms with Crippen LogP contribution in [0.3, 0.4) is 0 Å². The van der Waals surface area contributed by atoms with Crippen LogP contribution in [0.15, 0.2) is 53.2 Å². The molecule has 7 heteroatoms. The number of ketones is 1. The summed E-state index contributed by atoms with van der Waals surface area (Å²) in [5.74, 6) is -1.47. The van der Waals surface area contributed by atoms with Crippen molar-refractivity contribution in [2.45, 2.75) is 19.8 Å². The van der Waals surface area contributed by atoms with Gasteiger partial charge in [-0.3, -0.25) is 4.79 Å². The van der Waals surface area contributed by atoms with E-state index in [2.05, 4.69) is 5.32 Å². The summed E-state index contributed by atoms with van der Waals surface area (Å²) in [6.45, 7) is 3.69. The number of carbonyl (C=O) groups is 2. The molecule has 2 aromatic rings. The first-order valence-corrected chi connectivity index (χ1v) is 9.86. The predicted molar refractivity (Wildman–Crippen MR) is 113 cm³/mol. The SMILES string of the molecule is CCOC(=O)C1=C(C)NC2=C(C(=O)c3ccccc32)[C@H]1c1cc(Cl)c(O)c(OC)c1. The summed E-state index contributed by atoms with van der Waals surface area (Å²) in [5.41, 5.74) is 3.90. The summed E-state index contributed by atoms with van der Waals surface area (Å²) in [6.07, 6.45) is 0. The Morgan fingerprint density at radius 1 is 1.23 bits per heavy atom. The van der Waals surface area contributed by atoms with Crippen molar-refractivity contribution in [3.05, 3.63) is 75.0 Å². The van der Waals surface area contributed by atoms with Crippen molar-refractivity contribution in [3.63, 3.8) is 0 Å². The zero-order valence-corrected chi connectivity index (χ0v) is 17.5. The van der Waals surface area contributed by atoms with Gasteiger partial charge in [0.15, 0.2) is 17.3 Å². The number of nitrogens with one attached hydrogen (secondary N) is 1. The summed E-state index contributed by atoms with van der Waals surface area (Å²) in [5, 5.41) is 13.5. The molecule has 0 radical (unpaired) electrons. The molecule has 30 heavy (non-hydrogen) atoms. The Hall–Kier alpha value is -3.25. The van der Waals surface area contributed by atoms with Gasteiger partial charge in [-0.15, -0.1) is 0 Å². The number of phenolic OH excluding ortho intramolecular Hbond substituents is 1. The molecule has 1 aliphatic carbocycles. The smallest absolute Gasteiger partial charge is 0.336 e. The molecule has 2 aromatic carbocycles. The maximum atomic E-state index is 13.4. The maximum Gasteiger partial charge on any atom is 0.336 e. The van der Waals surface area contributed by atoms with Crippen molar-refractivity contribution >= 4 is 29.1 Å². The largest absolute Gasteiger partial charge is 0.503 e. The van der Waals surface area contributed by atoms with Gasteiger partial charge in [-0.1, -0.05) is 35.9 Å². The zero-order valence-electron chi connectivity index (χ0n) is 16.7. The lowest BCUT2D eigenvalue weighted by Crippen LogP contribution is -2.29. The fourth-order valence-corrected chi connectivity index (χ4v) is 4.28. The molecule has 0 saturated carbocycles. The summed E-state index contributed by atoms with van der Waals surface area (Å²) in [4.78, 5) is 26.3. The van der Waals surface area contributed by atoms with Gasteiger partial charge < -0.3 is 19.9 Å². The number of esters is 1. The van der Waals surface area contributed by atoms with Crippen molar-refractivity contribution < 1.29 is 24.2 Å². The number of hydrogen-bond acceptors (Lipinski definition) is 6. The Balaban J connectivity index is 1.97. The molecule has 0 bridgehead atoms. The van der Waals surface area contributed by atoms with Crippen LogP contribution in [-0.4, -0.2) is 30.6 Å². The van der Waals surface area contributed by atoms with Crippen LogP contribution in [0.5, 0.6) is 11.5 Å². The fourth-order valence-electron chi connectivity index (χ4n) is 4.06. The van der Waals surface area contributed by atoms with Gasteiger partial charge in [0.25, 0.3) is 0 Å². The van der Waals surface area contributed by atoms with Gasteiger partial charge in [0.2, 0.25) is 0 Å². The number of methoxy groups -OCH3 is 1. The zero-order chi connectivity index (χ0) is 21.6. The number of halogens is 1. The van der Waals surface area contributed by atoms with Gasteiger partial charge in [0.05, 0.1) is 30.0 Å². The lowest BCUT2D eigenvalue weighted by molar-refractivity contribution is -0.138. The third kappa shape index (κ3) is 2.95. The first-order chi connectivity index (χ1) is 14.4. The van der Waals surface area contributed by atoms with Crippen LogP contribution >= 0.6 is 11.6 Å². The van der Waals surface area contributed by atoms with E-state index >= 15 is 0 Å². The summed E-state index contributed by atoms with van der Waals surface area (Å²) >= 11 is 6.23. The highest BCUT2D eigenvalue weighted by Gasteiger charge is 2.43. The average molecular weight is 426 g/mol. The van der Waals surface area contributed by atoms with Crippen molar-refractivity contribution in [2.75, 3.05) is 13.7 Å². The molecule has 1 heterocycles. The topological polar surface area (TPSA) is 84.9 Å². The molecule has 0 fully saturated rings. The second-order valence-electron chi connectivity index (χ2n) is 7.03. The van der Waals surface area contributed by atoms with Crippen molar-refractivity contribution in [3.8, 4) is 11.5 Å². The quantitative estimate of drug-likeness (QED) is 0.714. The number of carbonyl (C=O) groups excluding carboxylic acids is 2. The monoisotopic (exact) mass is 425 g/mol. The number of rotatable bonds is 4. The van der Waals surface area contributed by atoms with Gasteiger partial charge in [-0.2, -0.15) is 0 Å². The molecule has 0 spiro atoms. The van der Waals surface area contributed by atoms with E-state index in [1.54, 1.807) is 38.1 Å². The molecule has 1 aliphatic heterocycles. The Morgan fingerprint density at radius 2 is 1.93 bits per heavy atom. The van der Waals surface area contributed by atoms with Crippen LogP contribution in [0.1, 0.15) is 41.3 Å². The molecule has 0 saturated heterocycles. The molecule has 2 aliphatic rings. The molecule has 6 nitrogen and oxygen atoms in total. The Morgan fingerprint density at radius 3 is 2.60 bits per heavy atom. The standard InChI is InChI=1S/C23H20ClNO5/c1-4-30-23(28)17-11(2)25-20-13-7-5-6-8-14(13)21(26)19(20)18(17)12-9-15(24)22(27)16(10-12)29-3/h5-10,18,25,27H,4H2,1-3H3/t18-/m0/s1. The normalized spacial score (nSPS) is 17.5. The number of ether oxygens (including phenoxy) is 2. The molecular formula is C23H20ClNO5. The third-order valence-electron chi connectivity index (χ3n) is 5.35. The highest BCUT2D eigenvalue weighted by molar-refractivity contribution is 6.32. The number of dihydropyridines is 1. The Labute approximate surface area is 178 Å². The molecule has 2 N–H and O–H groups in total. The summed E-state index contributed by atoms with van der Waals surface area (Å²) in [6, 6.07) is 10.4. The van der Waals surface area contributed by atoms with Crippen LogP contribution in [0.4, 0.5) is 0 Å². The van der Waals surface area contributed by atoms with Gasteiger partial charge >= 0.3 is 5.97 Å². The molecule has 1 atom stereocenters. The van der Waals surface area contributed by atoms with Gasteiger partial charge in [0, 0.05) is 28.3 Å². The molecule has 0 amide bonds. The number of Topliss-reactive ketones (excluding diaryl/α,β-unsaturated/α-hetero) is 1. The highest BCUT2D eigenvalue weighted by atomic mass is 35.5. The Kier molecular flexibility index (Phi) is 5.03. The van der Waals surface area contributed by atoms with Crippen LogP contribution in [0.25, 0.3) is 5.70 Å². The van der Waals surface area contributed by atoms with E-state index in [1.807, 2.05) is 12.1 Å². The number of aromatic hydroxyl groups is 1. The van der Waals surface area contributed by atoms with E-state index in [-0.39, 0.29) is 28.9 Å². The van der Waals surface area contributed by atoms with E-state index in [9.17, 15) is 14.7 Å². The third-order valence-corrected chi connectivity index (χ3v) is 5.64. The van der Waals surface area contributed by atoms with E-state index < -0.39 is 11.9 Å². The van der Waals surface area contributed by atoms with Crippen molar-refractivity contribution in [1.29, 1.82) is 0 Å². The lowest BCUT2D eigenvalue weighted by Gasteiger charge is -2.29. The molecular weight excluding hydrogens is 406 g/mol. The predicted octanol–water partition coefficient (Wildman–Crippen LogP) is 4.19. The van der Waals surface area contributed by atoms with Crippen LogP contribution < -0.4 is 10.1 Å². The minimum atomic E-state index is -0.729. The first-order valence-electron chi connectivity index (χ1n) is 9.48. The number of benzene rings is 2. The second-order valence-corrected chi connectivity index (χ2v) is 7.44. The molecule has 0 aromatic heterocycles. The van der Waals surface area contributed by atoms with Gasteiger partial charge in [-0.25, -0.2) is 4.79 Å². The minimum absolute atomic E-state index is 0.0638. The van der Waals surface area contributed by atoms with Crippen LogP contribution in [-0.2, 0) is 9.53 Å². The molecule has 4 rings (SSSR count). The van der Waals surface area contributed by atoms with Crippen molar-refractivity contribution in [1.82, 2.24) is 5.32 Å². The summed E-state index contributed by atoms with van der Waals surface area (Å²) in [7, 11) is 1.41. The average Bonchev–Trinajstić information content (AvgIpc) is 3.01. The second kappa shape index (κ2) is 7.54. The molecule has 0 unspecified atom stereocenters. The van der Waals surface area contributed by atoms with Crippen molar-refractivity contribution in [2.24, 2.45) is 0 Å². The van der Waals surface area contributed by atoms with Gasteiger partial charge in [0.1, 0.15) is 0 Å². The van der Waals surface area contributed by atoms with Crippen LogP contribution in [0.2, 0.25) is 5.02 Å². The van der Waals surface area contributed by atoms with E-state index in [0.717, 1.165) is 5.56 Å². The van der Waals surface area contributed by atoms with Gasteiger partial charge in [-0.05, 0) is 31.5 Å². The number of fused-ring (bicyclic) bond motifs is 2. The maximum absolute atomic E-state index is 13.4. The van der Waals surface area contributed by atoms with E-state index in [4.69, 9.17) is 21.1 Å². The Bertz CT molecular complexity index is 1150.